The van der Waals surface area contributed by atoms with Crippen molar-refractivity contribution in [1.82, 2.24) is 4.90 Å². The first-order chi connectivity index (χ1) is 17.2. The van der Waals surface area contributed by atoms with E-state index in [0.29, 0.717) is 6.42 Å². The number of thioether (sulfide) groups is 1. The Bertz CT molecular complexity index is 656. The van der Waals surface area contributed by atoms with Gasteiger partial charge in [-0.3, -0.25) is 14.7 Å². The van der Waals surface area contributed by atoms with E-state index in [2.05, 4.69) is 23.5 Å². The normalized spacial score (nSPS) is 23.7. The van der Waals surface area contributed by atoms with Gasteiger partial charge in [-0.15, -0.1) is 11.8 Å². The Kier molecular flexibility index (Phi) is 16.8. The number of aliphatic imine (C=N–C) groups is 1. The molecule has 2 aliphatic carbocycles. The number of hydrogen-bond acceptors (Lipinski definition) is 5. The lowest BCUT2D eigenvalue weighted by atomic mass is 9.81. The van der Waals surface area contributed by atoms with E-state index in [9.17, 15) is 13.6 Å². The molecule has 1 aliphatic heterocycles. The summed E-state index contributed by atoms with van der Waals surface area (Å²) in [5.74, 6) is -0.380. The van der Waals surface area contributed by atoms with Gasteiger partial charge in [-0.2, -0.15) is 0 Å². The Hall–Kier alpha value is -0.990. The maximum Gasteiger partial charge on any atom is 0.254 e. The molecule has 2 saturated carbocycles. The molecule has 8 heteroatoms. The summed E-state index contributed by atoms with van der Waals surface area (Å²) in [6.07, 6.45) is 15.9. The minimum atomic E-state index is -2.63. The molecule has 0 aromatic carbocycles. The molecule has 3 N–H and O–H groups in total. The van der Waals surface area contributed by atoms with Gasteiger partial charge in [0.25, 0.3) is 5.92 Å². The summed E-state index contributed by atoms with van der Waals surface area (Å²) in [6.45, 7) is 9.79. The van der Waals surface area contributed by atoms with Crippen molar-refractivity contribution in [2.75, 3.05) is 32.5 Å². The van der Waals surface area contributed by atoms with E-state index in [4.69, 9.17) is 10.8 Å². The molecular formula is C28H51F2N3O2S. The van der Waals surface area contributed by atoms with Crippen molar-refractivity contribution in [3.05, 3.63) is 10.6 Å². The number of carbonyl (C=O) groups is 1. The standard InChI is InChI=1S/C18H30F2N2S.C9H17NO.CH4O/c1-14-4-6-15(7-5-14)8-10-22-11-9-17(16(12-22)21-3)23-13-18(2,19)20;10-9(11)7-6-8-4-2-1-3-5-8;1-2/h14-15H,3-13H2,1-2H3;8H,1-7H2,(H2,10,11);2H,1H3. The van der Waals surface area contributed by atoms with E-state index in [1.807, 2.05) is 0 Å². The summed E-state index contributed by atoms with van der Waals surface area (Å²) in [4.78, 5) is 18.0. The number of halogens is 2. The molecule has 0 saturated heterocycles. The first-order valence-electron chi connectivity index (χ1n) is 13.8. The maximum absolute atomic E-state index is 13.0. The monoisotopic (exact) mass is 531 g/mol. The molecule has 1 heterocycles. The third-order valence-electron chi connectivity index (χ3n) is 7.55. The van der Waals surface area contributed by atoms with Gasteiger partial charge in [0.15, 0.2) is 0 Å². The smallest absolute Gasteiger partial charge is 0.254 e. The van der Waals surface area contributed by atoms with Crippen molar-refractivity contribution in [3.8, 4) is 0 Å². The number of alkyl halides is 2. The van der Waals surface area contributed by atoms with Gasteiger partial charge in [0.1, 0.15) is 0 Å². The number of primary amides is 1. The minimum absolute atomic E-state index is 0.143. The van der Waals surface area contributed by atoms with Crippen molar-refractivity contribution in [2.24, 2.45) is 28.5 Å². The second-order valence-corrected chi connectivity index (χ2v) is 11.9. The fourth-order valence-corrected chi connectivity index (χ4v) is 6.25. The number of rotatable bonds is 10. The molecule has 0 aromatic rings. The molecule has 0 radical (unpaired) electrons. The van der Waals surface area contributed by atoms with Gasteiger partial charge < -0.3 is 10.8 Å². The van der Waals surface area contributed by atoms with Crippen LogP contribution >= 0.6 is 11.8 Å². The maximum atomic E-state index is 13.0. The van der Waals surface area contributed by atoms with Crippen LogP contribution in [0, 0.1) is 17.8 Å². The fourth-order valence-electron chi connectivity index (χ4n) is 5.29. The van der Waals surface area contributed by atoms with Gasteiger partial charge in [0, 0.05) is 38.4 Å². The van der Waals surface area contributed by atoms with Crippen LogP contribution in [0.5, 0.6) is 0 Å². The Balaban J connectivity index is 0.000000417. The van der Waals surface area contributed by atoms with Gasteiger partial charge in [0.2, 0.25) is 5.91 Å². The zero-order chi connectivity index (χ0) is 27.0. The summed E-state index contributed by atoms with van der Waals surface area (Å²) in [5.41, 5.74) is 5.98. The highest BCUT2D eigenvalue weighted by Crippen LogP contribution is 2.34. The highest BCUT2D eigenvalue weighted by atomic mass is 32.2. The summed E-state index contributed by atoms with van der Waals surface area (Å²) < 4.78 is 26.1. The first kappa shape index (κ1) is 33.0. The van der Waals surface area contributed by atoms with Crippen LogP contribution < -0.4 is 5.73 Å². The van der Waals surface area contributed by atoms with Crippen LogP contribution in [-0.2, 0) is 4.79 Å². The van der Waals surface area contributed by atoms with Crippen molar-refractivity contribution in [1.29, 1.82) is 0 Å². The van der Waals surface area contributed by atoms with E-state index < -0.39 is 5.92 Å². The van der Waals surface area contributed by atoms with Gasteiger partial charge >= 0.3 is 0 Å². The van der Waals surface area contributed by atoms with Crippen molar-refractivity contribution in [2.45, 2.75) is 103 Å². The van der Waals surface area contributed by atoms with Gasteiger partial charge in [0.05, 0.1) is 11.4 Å². The van der Waals surface area contributed by atoms with Crippen molar-refractivity contribution in [3.63, 3.8) is 0 Å². The highest BCUT2D eigenvalue weighted by Gasteiger charge is 2.26. The highest BCUT2D eigenvalue weighted by molar-refractivity contribution is 8.03. The fraction of sp³-hybridized carbons (Fsp3) is 0.857. The van der Waals surface area contributed by atoms with Gasteiger partial charge in [-0.25, -0.2) is 8.78 Å². The predicted octanol–water partition coefficient (Wildman–Crippen LogP) is 6.65. The molecule has 3 rings (SSSR count). The van der Waals surface area contributed by atoms with E-state index >= 15 is 0 Å². The summed E-state index contributed by atoms with van der Waals surface area (Å²) >= 11 is 1.25. The zero-order valence-corrected chi connectivity index (χ0v) is 23.8. The second kappa shape index (κ2) is 18.3. The summed E-state index contributed by atoms with van der Waals surface area (Å²) in [7, 11) is 1.00. The Morgan fingerprint density at radius 1 is 1.11 bits per heavy atom. The number of amides is 1. The molecule has 0 atom stereocenters. The molecule has 0 unspecified atom stereocenters. The quantitative estimate of drug-likeness (QED) is 0.309. The summed E-state index contributed by atoms with van der Waals surface area (Å²) in [5, 5.41) is 7.00. The number of nitrogens with two attached hydrogens (primary N) is 1. The molecule has 0 aromatic heterocycles. The van der Waals surface area contributed by atoms with Crippen LogP contribution in [0.1, 0.15) is 97.3 Å². The van der Waals surface area contributed by atoms with E-state index in [0.717, 1.165) is 74.9 Å². The van der Waals surface area contributed by atoms with E-state index in [-0.39, 0.29) is 11.7 Å². The molecule has 0 bridgehead atoms. The molecular weight excluding hydrogens is 480 g/mol. The van der Waals surface area contributed by atoms with Crippen LogP contribution in [-0.4, -0.2) is 61.1 Å². The number of aliphatic hydroxyl groups excluding tert-OH is 1. The third kappa shape index (κ3) is 14.7. The lowest BCUT2D eigenvalue weighted by molar-refractivity contribution is -0.118. The third-order valence-corrected chi connectivity index (χ3v) is 8.99. The number of hydrogen-bond donors (Lipinski definition) is 2. The van der Waals surface area contributed by atoms with Gasteiger partial charge in [-0.1, -0.05) is 64.7 Å². The lowest BCUT2D eigenvalue weighted by Crippen LogP contribution is -2.33. The summed E-state index contributed by atoms with van der Waals surface area (Å²) in [6, 6.07) is 0. The Morgan fingerprint density at radius 3 is 2.28 bits per heavy atom. The SMILES string of the molecule is C=NC1=C(SCC(C)(F)F)CCN(CCC2CCC(C)CC2)C1.CO.NC(=O)CCC1CCCCC1. The van der Waals surface area contributed by atoms with Crippen molar-refractivity contribution >= 4 is 24.4 Å². The topological polar surface area (TPSA) is 78.9 Å². The van der Waals surface area contributed by atoms with Crippen LogP contribution in [0.25, 0.3) is 0 Å². The van der Waals surface area contributed by atoms with Crippen molar-refractivity contribution < 1.29 is 18.7 Å². The lowest BCUT2D eigenvalue weighted by Gasteiger charge is -2.32. The average molecular weight is 532 g/mol. The largest absolute Gasteiger partial charge is 0.400 e. The van der Waals surface area contributed by atoms with E-state index in [1.165, 1.54) is 76.0 Å². The average Bonchev–Trinajstić information content (AvgIpc) is 2.88. The van der Waals surface area contributed by atoms with Crippen LogP contribution in [0.2, 0.25) is 0 Å². The Labute approximate surface area is 222 Å². The first-order valence-corrected chi connectivity index (χ1v) is 14.8. The second-order valence-electron chi connectivity index (χ2n) is 10.8. The Morgan fingerprint density at radius 2 is 1.72 bits per heavy atom. The van der Waals surface area contributed by atoms with Gasteiger partial charge in [-0.05, 0) is 50.3 Å². The van der Waals surface area contributed by atoms with Crippen LogP contribution in [0.4, 0.5) is 8.78 Å². The van der Waals surface area contributed by atoms with Crippen LogP contribution in [0.3, 0.4) is 0 Å². The number of aliphatic hydroxyl groups is 1. The molecule has 5 nitrogen and oxygen atoms in total. The molecule has 36 heavy (non-hydrogen) atoms. The molecule has 1 amide bonds. The van der Waals surface area contributed by atoms with Crippen LogP contribution in [0.15, 0.2) is 15.6 Å². The molecule has 210 valence electrons. The molecule has 0 spiro atoms. The molecule has 3 aliphatic rings. The minimum Gasteiger partial charge on any atom is -0.400 e. The predicted molar refractivity (Wildman–Crippen MR) is 150 cm³/mol. The van der Waals surface area contributed by atoms with E-state index in [1.54, 1.807) is 0 Å². The number of carbonyl (C=O) groups excluding carboxylic acids is 1. The molecule has 2 fully saturated rings. The number of nitrogens with zero attached hydrogens (tertiary/aromatic N) is 2. The zero-order valence-electron chi connectivity index (χ0n) is 23.0.